The number of nitrogens with zero attached hydrogens (tertiary/aromatic N) is 1. The predicted molar refractivity (Wildman–Crippen MR) is 76.7 cm³/mol. The van der Waals surface area contributed by atoms with E-state index in [0.717, 1.165) is 20.0 Å². The monoisotopic (exact) mass is 364 g/mol. The molecule has 0 fully saturated rings. The molecule has 0 saturated carbocycles. The summed E-state index contributed by atoms with van der Waals surface area (Å²) in [6, 6.07) is 9.29. The maximum Gasteiger partial charge on any atom is 0.131 e. The first-order valence-corrected chi connectivity index (χ1v) is 6.32. The summed E-state index contributed by atoms with van der Waals surface area (Å²) < 4.78 is 1.05. The summed E-state index contributed by atoms with van der Waals surface area (Å²) in [4.78, 5) is 3.92. The molecule has 0 radical (unpaired) electrons. The lowest BCUT2D eigenvalue weighted by atomic mass is 10.3. The quantitative estimate of drug-likeness (QED) is 0.615. The largest absolute Gasteiger partial charge is 0.355 e. The smallest absolute Gasteiger partial charge is 0.131 e. The SMILES string of the molecule is Clc1ccc(Nc2ccnc(Cl)c2)c(I)c1. The number of anilines is 2. The van der Waals surface area contributed by atoms with Gasteiger partial charge in [-0.15, -0.1) is 0 Å². The molecule has 1 N–H and O–H groups in total. The van der Waals surface area contributed by atoms with Crippen molar-refractivity contribution in [1.82, 2.24) is 4.98 Å². The van der Waals surface area contributed by atoms with Crippen molar-refractivity contribution in [3.63, 3.8) is 0 Å². The lowest BCUT2D eigenvalue weighted by Crippen LogP contribution is -1.93. The summed E-state index contributed by atoms with van der Waals surface area (Å²) >= 11 is 13.9. The summed E-state index contributed by atoms with van der Waals surface area (Å²) in [6.07, 6.45) is 1.66. The van der Waals surface area contributed by atoms with Crippen molar-refractivity contribution < 1.29 is 0 Å². The van der Waals surface area contributed by atoms with Crippen LogP contribution in [-0.2, 0) is 0 Å². The van der Waals surface area contributed by atoms with Gasteiger partial charge in [-0.2, -0.15) is 0 Å². The Bertz CT molecular complexity index is 517. The van der Waals surface area contributed by atoms with Crippen LogP contribution in [0.3, 0.4) is 0 Å². The molecule has 1 heterocycles. The lowest BCUT2D eigenvalue weighted by molar-refractivity contribution is 1.32. The number of pyridine rings is 1. The summed E-state index contributed by atoms with van der Waals surface area (Å²) in [5.74, 6) is 0. The fourth-order valence-electron chi connectivity index (χ4n) is 1.23. The number of nitrogens with one attached hydrogen (secondary N) is 1. The second kappa shape index (κ2) is 5.21. The molecule has 0 spiro atoms. The summed E-state index contributed by atoms with van der Waals surface area (Å²) in [5, 5.41) is 4.44. The predicted octanol–water partition coefficient (Wildman–Crippen LogP) is 4.74. The van der Waals surface area contributed by atoms with E-state index in [2.05, 4.69) is 32.9 Å². The van der Waals surface area contributed by atoms with Crippen LogP contribution in [0.15, 0.2) is 36.5 Å². The molecule has 82 valence electrons. The molecular weight excluding hydrogens is 358 g/mol. The molecule has 0 bridgehead atoms. The van der Waals surface area contributed by atoms with Crippen molar-refractivity contribution in [2.75, 3.05) is 5.32 Å². The Balaban J connectivity index is 2.27. The number of benzene rings is 1. The zero-order chi connectivity index (χ0) is 11.5. The molecule has 0 aliphatic carbocycles. The van der Waals surface area contributed by atoms with E-state index in [9.17, 15) is 0 Å². The molecule has 5 heteroatoms. The number of halogens is 3. The molecule has 0 aliphatic rings. The third-order valence-corrected chi connectivity index (χ3v) is 3.27. The summed E-state index contributed by atoms with van der Waals surface area (Å²) in [5.41, 5.74) is 1.90. The Labute approximate surface area is 117 Å². The molecular formula is C11H7Cl2IN2. The Hall–Kier alpha value is -0.520. The second-order valence-corrected chi connectivity index (χ2v) is 5.10. The highest BCUT2D eigenvalue weighted by atomic mass is 127. The molecule has 1 aromatic carbocycles. The van der Waals surface area contributed by atoms with Crippen LogP contribution in [0, 0.1) is 3.57 Å². The van der Waals surface area contributed by atoms with Gasteiger partial charge in [0.05, 0.1) is 5.69 Å². The molecule has 0 amide bonds. The van der Waals surface area contributed by atoms with E-state index in [-0.39, 0.29) is 0 Å². The van der Waals surface area contributed by atoms with E-state index in [1.807, 2.05) is 24.3 Å². The van der Waals surface area contributed by atoms with Crippen molar-refractivity contribution in [3.8, 4) is 0 Å². The van der Waals surface area contributed by atoms with Gasteiger partial charge in [0.25, 0.3) is 0 Å². The molecule has 2 nitrogen and oxygen atoms in total. The highest BCUT2D eigenvalue weighted by molar-refractivity contribution is 14.1. The van der Waals surface area contributed by atoms with Gasteiger partial charge in [0, 0.05) is 20.5 Å². The maximum absolute atomic E-state index is 5.88. The second-order valence-electron chi connectivity index (χ2n) is 3.12. The minimum absolute atomic E-state index is 0.467. The van der Waals surface area contributed by atoms with Crippen LogP contribution in [0.2, 0.25) is 10.2 Å². The van der Waals surface area contributed by atoms with Crippen molar-refractivity contribution in [3.05, 3.63) is 50.3 Å². The Kier molecular flexibility index (Phi) is 3.89. The number of aromatic nitrogens is 1. The van der Waals surface area contributed by atoms with Gasteiger partial charge in [0.2, 0.25) is 0 Å². The summed E-state index contributed by atoms with van der Waals surface area (Å²) in [6.45, 7) is 0. The zero-order valence-corrected chi connectivity index (χ0v) is 11.7. The first kappa shape index (κ1) is 12.0. The number of rotatable bonds is 2. The van der Waals surface area contributed by atoms with Crippen LogP contribution in [0.5, 0.6) is 0 Å². The van der Waals surface area contributed by atoms with Gasteiger partial charge in [-0.3, -0.25) is 0 Å². The van der Waals surface area contributed by atoms with E-state index in [1.165, 1.54) is 0 Å². The van der Waals surface area contributed by atoms with Crippen LogP contribution in [-0.4, -0.2) is 4.98 Å². The van der Waals surface area contributed by atoms with Crippen molar-refractivity contribution >= 4 is 57.2 Å². The third kappa shape index (κ3) is 2.99. The van der Waals surface area contributed by atoms with Gasteiger partial charge in [0.1, 0.15) is 5.15 Å². The average Bonchev–Trinajstić information content (AvgIpc) is 2.22. The van der Waals surface area contributed by atoms with E-state index in [0.29, 0.717) is 5.15 Å². The van der Waals surface area contributed by atoms with Crippen molar-refractivity contribution in [2.45, 2.75) is 0 Å². The standard InChI is InChI=1S/C11H7Cl2IN2/c12-7-1-2-10(9(14)5-7)16-8-3-4-15-11(13)6-8/h1-6H,(H,15,16). The van der Waals surface area contributed by atoms with Crippen LogP contribution < -0.4 is 5.32 Å². The fraction of sp³-hybridized carbons (Fsp3) is 0. The molecule has 0 unspecified atom stereocenters. The minimum Gasteiger partial charge on any atom is -0.355 e. The molecule has 0 aliphatic heterocycles. The number of hydrogen-bond donors (Lipinski definition) is 1. The highest BCUT2D eigenvalue weighted by Crippen LogP contribution is 2.26. The van der Waals surface area contributed by atoms with Crippen LogP contribution in [0.1, 0.15) is 0 Å². The van der Waals surface area contributed by atoms with E-state index < -0.39 is 0 Å². The number of hydrogen-bond acceptors (Lipinski definition) is 2. The Morgan fingerprint density at radius 3 is 2.62 bits per heavy atom. The first-order valence-electron chi connectivity index (χ1n) is 4.49. The van der Waals surface area contributed by atoms with Crippen LogP contribution in [0.4, 0.5) is 11.4 Å². The van der Waals surface area contributed by atoms with E-state index >= 15 is 0 Å². The Morgan fingerprint density at radius 2 is 1.94 bits per heavy atom. The van der Waals surface area contributed by atoms with E-state index in [1.54, 1.807) is 12.3 Å². The van der Waals surface area contributed by atoms with Gasteiger partial charge in [-0.25, -0.2) is 4.98 Å². The van der Waals surface area contributed by atoms with Gasteiger partial charge in [-0.05, 0) is 52.9 Å². The minimum atomic E-state index is 0.467. The molecule has 0 atom stereocenters. The van der Waals surface area contributed by atoms with Crippen LogP contribution in [0.25, 0.3) is 0 Å². The zero-order valence-electron chi connectivity index (χ0n) is 8.05. The highest BCUT2D eigenvalue weighted by Gasteiger charge is 2.01. The van der Waals surface area contributed by atoms with Gasteiger partial charge in [-0.1, -0.05) is 23.2 Å². The van der Waals surface area contributed by atoms with Gasteiger partial charge >= 0.3 is 0 Å². The fourth-order valence-corrected chi connectivity index (χ4v) is 2.41. The Morgan fingerprint density at radius 1 is 1.12 bits per heavy atom. The lowest BCUT2D eigenvalue weighted by Gasteiger charge is -2.08. The molecule has 0 saturated heterocycles. The summed E-state index contributed by atoms with van der Waals surface area (Å²) in [7, 11) is 0. The topological polar surface area (TPSA) is 24.9 Å². The maximum atomic E-state index is 5.88. The average molecular weight is 365 g/mol. The molecule has 1 aromatic heterocycles. The third-order valence-electron chi connectivity index (χ3n) is 1.94. The van der Waals surface area contributed by atoms with Crippen LogP contribution >= 0.6 is 45.8 Å². The van der Waals surface area contributed by atoms with Crippen molar-refractivity contribution in [2.24, 2.45) is 0 Å². The normalized spacial score (nSPS) is 10.2. The molecule has 2 rings (SSSR count). The first-order chi connectivity index (χ1) is 7.65. The van der Waals surface area contributed by atoms with E-state index in [4.69, 9.17) is 23.2 Å². The van der Waals surface area contributed by atoms with Gasteiger partial charge < -0.3 is 5.32 Å². The molecule has 16 heavy (non-hydrogen) atoms. The molecule has 2 aromatic rings. The van der Waals surface area contributed by atoms with Gasteiger partial charge in [0.15, 0.2) is 0 Å². The van der Waals surface area contributed by atoms with Crippen molar-refractivity contribution in [1.29, 1.82) is 0 Å².